The van der Waals surface area contributed by atoms with Crippen LogP contribution in [0.3, 0.4) is 0 Å². The van der Waals surface area contributed by atoms with Gasteiger partial charge in [-0.2, -0.15) is 0 Å². The van der Waals surface area contributed by atoms with Crippen LogP contribution in [0.1, 0.15) is 6.42 Å². The number of anilines is 1. The van der Waals surface area contributed by atoms with Crippen molar-refractivity contribution in [3.63, 3.8) is 0 Å². The summed E-state index contributed by atoms with van der Waals surface area (Å²) in [5.41, 5.74) is 5.72. The predicted molar refractivity (Wildman–Crippen MR) is 57.0 cm³/mol. The molecule has 6 nitrogen and oxygen atoms in total. The van der Waals surface area contributed by atoms with Crippen LogP contribution in [0.5, 0.6) is 5.75 Å². The number of rotatable bonds is 4. The van der Waals surface area contributed by atoms with E-state index in [1.165, 1.54) is 12.1 Å². The molecule has 6 heteroatoms. The number of phenols is 1. The average Bonchev–Trinajstić information content (AvgIpc) is 2.16. The fraction of sp³-hybridized carbons (Fsp3) is 0.200. The van der Waals surface area contributed by atoms with Crippen molar-refractivity contribution in [2.75, 3.05) is 5.32 Å². The van der Waals surface area contributed by atoms with Gasteiger partial charge in [-0.1, -0.05) is 6.07 Å². The first-order valence-electron chi connectivity index (χ1n) is 4.56. The van der Waals surface area contributed by atoms with Gasteiger partial charge in [-0.3, -0.25) is 9.59 Å². The molecule has 0 fully saturated rings. The molecule has 1 unspecified atom stereocenters. The second kappa shape index (κ2) is 5.13. The fourth-order valence-electron chi connectivity index (χ4n) is 1.10. The highest BCUT2D eigenvalue weighted by Crippen LogP contribution is 2.15. The lowest BCUT2D eigenvalue weighted by Crippen LogP contribution is -2.37. The molecule has 1 atom stereocenters. The van der Waals surface area contributed by atoms with E-state index in [0.29, 0.717) is 5.69 Å². The van der Waals surface area contributed by atoms with Crippen molar-refractivity contribution in [1.29, 1.82) is 0 Å². The van der Waals surface area contributed by atoms with E-state index in [1.54, 1.807) is 12.1 Å². The van der Waals surface area contributed by atoms with Gasteiger partial charge < -0.3 is 21.3 Å². The Hall–Kier alpha value is -2.08. The molecular weight excluding hydrogens is 212 g/mol. The molecule has 0 saturated carbocycles. The van der Waals surface area contributed by atoms with Crippen molar-refractivity contribution in [2.45, 2.75) is 12.5 Å². The lowest BCUT2D eigenvalue weighted by molar-refractivity contribution is -0.138. The number of nitrogens with two attached hydrogens (primary N) is 1. The number of carbonyl (C=O) groups excluding carboxylic acids is 1. The van der Waals surface area contributed by atoms with E-state index in [2.05, 4.69) is 5.32 Å². The first kappa shape index (κ1) is 12.0. The molecule has 0 saturated heterocycles. The molecule has 0 aromatic heterocycles. The number of phenolic OH excluding ortho intramolecular Hbond substituents is 1. The van der Waals surface area contributed by atoms with Gasteiger partial charge in [0.15, 0.2) is 0 Å². The van der Waals surface area contributed by atoms with Gasteiger partial charge in [0.05, 0.1) is 12.5 Å². The predicted octanol–water partition coefficient (Wildman–Crippen LogP) is 0.133. The molecular formula is C10H12N2O4. The molecule has 1 aromatic rings. The molecule has 1 aromatic carbocycles. The van der Waals surface area contributed by atoms with E-state index < -0.39 is 24.3 Å². The van der Waals surface area contributed by atoms with Gasteiger partial charge in [0.25, 0.3) is 0 Å². The van der Waals surface area contributed by atoms with Crippen LogP contribution >= 0.6 is 0 Å². The lowest BCUT2D eigenvalue weighted by atomic mass is 10.2. The number of carboxylic acids is 1. The van der Waals surface area contributed by atoms with Crippen LogP contribution in [0, 0.1) is 0 Å². The van der Waals surface area contributed by atoms with Crippen LogP contribution in [0.25, 0.3) is 0 Å². The van der Waals surface area contributed by atoms with Gasteiger partial charge in [-0.25, -0.2) is 0 Å². The molecule has 86 valence electrons. The largest absolute Gasteiger partial charge is 0.508 e. The maximum atomic E-state index is 11.4. The minimum atomic E-state index is -1.14. The minimum Gasteiger partial charge on any atom is -0.508 e. The van der Waals surface area contributed by atoms with E-state index in [-0.39, 0.29) is 5.75 Å². The van der Waals surface area contributed by atoms with Gasteiger partial charge in [-0.15, -0.1) is 0 Å². The third kappa shape index (κ3) is 3.58. The summed E-state index contributed by atoms with van der Waals surface area (Å²) in [6, 6.07) is 4.79. The highest BCUT2D eigenvalue weighted by molar-refractivity contribution is 5.96. The fourth-order valence-corrected chi connectivity index (χ4v) is 1.10. The van der Waals surface area contributed by atoms with Crippen LogP contribution in [0.15, 0.2) is 24.3 Å². The molecule has 1 amide bonds. The Kier molecular flexibility index (Phi) is 3.84. The summed E-state index contributed by atoms with van der Waals surface area (Å²) in [6.07, 6.45) is -0.440. The molecule has 0 bridgehead atoms. The maximum Gasteiger partial charge on any atom is 0.305 e. The Balaban J connectivity index is 2.60. The third-order valence-electron chi connectivity index (χ3n) is 1.84. The first-order valence-corrected chi connectivity index (χ1v) is 4.56. The molecule has 16 heavy (non-hydrogen) atoms. The first-order chi connectivity index (χ1) is 7.49. The summed E-state index contributed by atoms with van der Waals surface area (Å²) >= 11 is 0. The second-order valence-electron chi connectivity index (χ2n) is 3.24. The van der Waals surface area contributed by atoms with Gasteiger partial charge in [0, 0.05) is 11.8 Å². The monoisotopic (exact) mass is 224 g/mol. The minimum absolute atomic E-state index is 0.00426. The van der Waals surface area contributed by atoms with Gasteiger partial charge in [0.2, 0.25) is 5.91 Å². The normalized spacial score (nSPS) is 11.8. The van der Waals surface area contributed by atoms with Crippen LogP contribution in [-0.4, -0.2) is 28.1 Å². The van der Waals surface area contributed by atoms with Crippen LogP contribution in [0.4, 0.5) is 5.69 Å². The summed E-state index contributed by atoms with van der Waals surface area (Å²) in [5.74, 6) is -1.74. The number of aromatic hydroxyl groups is 1. The Bertz CT molecular complexity index is 406. The number of carbonyl (C=O) groups is 2. The van der Waals surface area contributed by atoms with Crippen LogP contribution in [-0.2, 0) is 9.59 Å². The van der Waals surface area contributed by atoms with Crippen molar-refractivity contribution < 1.29 is 19.8 Å². The zero-order valence-corrected chi connectivity index (χ0v) is 8.38. The molecule has 0 aliphatic rings. The topological polar surface area (TPSA) is 113 Å². The average molecular weight is 224 g/mol. The van der Waals surface area contributed by atoms with E-state index in [4.69, 9.17) is 15.9 Å². The van der Waals surface area contributed by atoms with Crippen molar-refractivity contribution in [2.24, 2.45) is 5.73 Å². The number of aliphatic carboxylic acids is 1. The highest BCUT2D eigenvalue weighted by Gasteiger charge is 2.16. The summed E-state index contributed by atoms with van der Waals surface area (Å²) in [4.78, 5) is 21.7. The van der Waals surface area contributed by atoms with Crippen LogP contribution in [0.2, 0.25) is 0 Å². The Labute approximate surface area is 91.7 Å². The zero-order valence-electron chi connectivity index (χ0n) is 8.38. The third-order valence-corrected chi connectivity index (χ3v) is 1.84. The van der Waals surface area contributed by atoms with E-state index in [9.17, 15) is 9.59 Å². The van der Waals surface area contributed by atoms with Gasteiger partial charge in [0.1, 0.15) is 5.75 Å². The molecule has 0 heterocycles. The zero-order chi connectivity index (χ0) is 12.1. The maximum absolute atomic E-state index is 11.4. The van der Waals surface area contributed by atoms with Crippen molar-refractivity contribution >= 4 is 17.6 Å². The SMILES string of the molecule is NC(CC(=O)O)C(=O)Nc1cccc(O)c1. The highest BCUT2D eigenvalue weighted by atomic mass is 16.4. The molecule has 1 rings (SSSR count). The number of hydrogen-bond donors (Lipinski definition) is 4. The van der Waals surface area contributed by atoms with E-state index >= 15 is 0 Å². The van der Waals surface area contributed by atoms with Crippen molar-refractivity contribution in [1.82, 2.24) is 0 Å². The van der Waals surface area contributed by atoms with Crippen molar-refractivity contribution in [3.8, 4) is 5.75 Å². The van der Waals surface area contributed by atoms with E-state index in [0.717, 1.165) is 0 Å². The van der Waals surface area contributed by atoms with Gasteiger partial charge >= 0.3 is 5.97 Å². The number of amides is 1. The number of nitrogens with one attached hydrogen (secondary N) is 1. The van der Waals surface area contributed by atoms with Gasteiger partial charge in [-0.05, 0) is 12.1 Å². The van der Waals surface area contributed by atoms with Crippen molar-refractivity contribution in [3.05, 3.63) is 24.3 Å². The standard InChI is InChI=1S/C10H12N2O4/c11-8(5-9(14)15)10(16)12-6-2-1-3-7(13)4-6/h1-4,8,13H,5,11H2,(H,12,16)(H,14,15). The summed E-state index contributed by atoms with van der Waals surface area (Å²) in [6.45, 7) is 0. The quantitative estimate of drug-likeness (QED) is 0.580. The second-order valence-corrected chi connectivity index (χ2v) is 3.24. The number of benzene rings is 1. The molecule has 0 spiro atoms. The summed E-state index contributed by atoms with van der Waals surface area (Å²) in [5, 5.41) is 20.0. The number of carboxylic acid groups (broad SMARTS) is 1. The molecule has 0 radical (unpaired) electrons. The molecule has 0 aliphatic carbocycles. The summed E-state index contributed by atoms with van der Waals surface area (Å²) in [7, 11) is 0. The Morgan fingerprint density at radius 2 is 2.12 bits per heavy atom. The lowest BCUT2D eigenvalue weighted by Gasteiger charge is -2.10. The van der Waals surface area contributed by atoms with Crippen LogP contribution < -0.4 is 11.1 Å². The smallest absolute Gasteiger partial charge is 0.305 e. The molecule has 0 aliphatic heterocycles. The summed E-state index contributed by atoms with van der Waals surface area (Å²) < 4.78 is 0. The molecule has 5 N–H and O–H groups in total. The Morgan fingerprint density at radius 3 is 2.69 bits per heavy atom. The Morgan fingerprint density at radius 1 is 1.44 bits per heavy atom. The number of hydrogen-bond acceptors (Lipinski definition) is 4. The van der Waals surface area contributed by atoms with E-state index in [1.807, 2.05) is 0 Å².